The number of anilines is 2. The number of aromatic nitrogens is 8. The molecule has 0 radical (unpaired) electrons. The Kier molecular flexibility index (Phi) is 7.41. The number of ether oxygens (including phenoxy) is 2. The quantitative estimate of drug-likeness (QED) is 0.207. The fourth-order valence-electron chi connectivity index (χ4n) is 5.32. The van der Waals surface area contributed by atoms with Crippen LogP contribution in [-0.2, 0) is 43.9 Å². The zero-order valence-electron chi connectivity index (χ0n) is 22.5. The minimum Gasteiger partial charge on any atom is -0.386 e. The summed E-state index contributed by atoms with van der Waals surface area (Å²) >= 11 is 5.22. The van der Waals surface area contributed by atoms with Crippen LogP contribution in [-0.4, -0.2) is 106 Å². The van der Waals surface area contributed by atoms with Gasteiger partial charge in [0.05, 0.1) is 25.9 Å². The third-order valence-corrected chi connectivity index (χ3v) is 10.1. The molecular weight excluding hydrogens is 649 g/mol. The first-order chi connectivity index (χ1) is 20.9. The van der Waals surface area contributed by atoms with Crippen molar-refractivity contribution in [2.75, 3.05) is 31.3 Å². The molecule has 3 saturated heterocycles. The second-order valence-electron chi connectivity index (χ2n) is 10.2. The van der Waals surface area contributed by atoms with Gasteiger partial charge in [0.1, 0.15) is 54.2 Å². The molecule has 3 fully saturated rings. The molecule has 0 bridgehead atoms. The molecule has 3 aliphatic rings. The average Bonchev–Trinajstić information content (AvgIpc) is 3.73. The standard InChI is InChI=1S/C21H25FN10O9P2S/c1-42(34)36-2-9-15(13(33)21(39-9)32-7-30-12-17(24)26-5-28-19(12)32)41-43(35,44)37-3-8-14(40-42)10(22)20(38-8)31-6-29-11-16(23)25-4-27-18(11)31/h4-10,13-15,20-21,33H,2-3H2,1H3,(H,35,44)(H2,23,25,27)(H2,24,26,28)/t8-,9-,10-,13-,14-,15-,20-,21-,42-,43?/m1/s1. The topological polar surface area (TPSA) is 252 Å². The van der Waals surface area contributed by atoms with Gasteiger partial charge in [-0.1, -0.05) is 0 Å². The summed E-state index contributed by atoms with van der Waals surface area (Å²) < 4.78 is 66.6. The number of nitrogen functional groups attached to an aromatic ring is 2. The molecule has 1 unspecified atom stereocenters. The Morgan fingerprint density at radius 2 is 1.43 bits per heavy atom. The summed E-state index contributed by atoms with van der Waals surface area (Å²) in [5.74, 6) is 0.184. The molecule has 10 atom stereocenters. The highest BCUT2D eigenvalue weighted by Gasteiger charge is 2.53. The van der Waals surface area contributed by atoms with Crippen LogP contribution in [0.2, 0.25) is 0 Å². The number of rotatable bonds is 2. The van der Waals surface area contributed by atoms with Crippen LogP contribution in [0.4, 0.5) is 16.0 Å². The van der Waals surface area contributed by atoms with Gasteiger partial charge in [0, 0.05) is 6.66 Å². The van der Waals surface area contributed by atoms with Crippen molar-refractivity contribution in [3.63, 3.8) is 0 Å². The van der Waals surface area contributed by atoms with E-state index in [-0.39, 0.29) is 34.0 Å². The van der Waals surface area contributed by atoms with Gasteiger partial charge in [-0.15, -0.1) is 0 Å². The minimum absolute atomic E-state index is 0.0774. The van der Waals surface area contributed by atoms with Gasteiger partial charge in [-0.3, -0.25) is 22.7 Å². The summed E-state index contributed by atoms with van der Waals surface area (Å²) in [6.45, 7) is -4.02. The van der Waals surface area contributed by atoms with Crippen molar-refractivity contribution in [1.82, 2.24) is 39.0 Å². The van der Waals surface area contributed by atoms with Gasteiger partial charge in [-0.2, -0.15) is 0 Å². The lowest BCUT2D eigenvalue weighted by molar-refractivity contribution is -0.0580. The molecule has 6 N–H and O–H groups in total. The Morgan fingerprint density at radius 1 is 0.886 bits per heavy atom. The number of nitrogens with two attached hydrogens (primary N) is 2. The summed E-state index contributed by atoms with van der Waals surface area (Å²) in [6, 6.07) is 0. The number of aliphatic hydroxyl groups is 1. The zero-order chi connectivity index (χ0) is 31.0. The van der Waals surface area contributed by atoms with Crippen LogP contribution in [0.1, 0.15) is 12.5 Å². The lowest BCUT2D eigenvalue weighted by atomic mass is 10.1. The SMILES string of the molecule is C[P@@]1(=O)OC[C@H]2O[C@@H](n3cnc4c(N)ncnc43)[C@H](O)[C@@H]2OP(O)(=S)OC[C@H]2O[C@@H](n3cnc4c(N)ncnc43)[C@H](F)[C@@H]2O1. The van der Waals surface area contributed by atoms with Crippen LogP contribution in [0.15, 0.2) is 25.3 Å². The van der Waals surface area contributed by atoms with E-state index >= 15 is 4.39 Å². The highest BCUT2D eigenvalue weighted by Crippen LogP contribution is 2.54. The summed E-state index contributed by atoms with van der Waals surface area (Å²) in [4.78, 5) is 35.3. The van der Waals surface area contributed by atoms with Gasteiger partial charge in [0.2, 0.25) is 0 Å². The van der Waals surface area contributed by atoms with Gasteiger partial charge in [0.25, 0.3) is 0 Å². The maximum Gasteiger partial charge on any atom is 0.328 e. The Morgan fingerprint density at radius 3 is 2.07 bits per heavy atom. The van der Waals surface area contributed by atoms with E-state index in [2.05, 4.69) is 29.9 Å². The summed E-state index contributed by atoms with van der Waals surface area (Å²) in [5.41, 5.74) is 12.6. The van der Waals surface area contributed by atoms with Gasteiger partial charge in [-0.25, -0.2) is 34.3 Å². The highest BCUT2D eigenvalue weighted by atomic mass is 32.5. The van der Waals surface area contributed by atoms with E-state index in [4.69, 9.17) is 50.8 Å². The van der Waals surface area contributed by atoms with Crippen molar-refractivity contribution in [2.45, 2.75) is 49.1 Å². The summed E-state index contributed by atoms with van der Waals surface area (Å²) in [7, 11) is -4.03. The number of nitrogens with zero attached hydrogens (tertiary/aromatic N) is 8. The second kappa shape index (κ2) is 10.9. The maximum absolute atomic E-state index is 16.0. The van der Waals surface area contributed by atoms with E-state index in [0.29, 0.717) is 0 Å². The van der Waals surface area contributed by atoms with Gasteiger partial charge in [0.15, 0.2) is 41.6 Å². The summed E-state index contributed by atoms with van der Waals surface area (Å²) in [5, 5.41) is 11.3. The number of halogens is 1. The van der Waals surface area contributed by atoms with Crippen LogP contribution < -0.4 is 11.5 Å². The third-order valence-electron chi connectivity index (χ3n) is 7.34. The number of alkyl halides is 1. The maximum atomic E-state index is 16.0. The van der Waals surface area contributed by atoms with Crippen molar-refractivity contribution in [3.8, 4) is 0 Å². The normalized spacial score (nSPS) is 38.3. The Bertz CT molecular complexity index is 1700. The molecule has 4 aromatic rings. The molecule has 3 aliphatic heterocycles. The van der Waals surface area contributed by atoms with Gasteiger partial charge < -0.3 is 40.0 Å². The van der Waals surface area contributed by atoms with E-state index in [9.17, 15) is 14.6 Å². The molecular formula is C21H25FN10O9P2S. The smallest absolute Gasteiger partial charge is 0.328 e. The van der Waals surface area contributed by atoms with Crippen LogP contribution >= 0.6 is 14.3 Å². The molecule has 19 nitrogen and oxygen atoms in total. The van der Waals surface area contributed by atoms with E-state index < -0.39 is 76.7 Å². The number of hydrogen-bond acceptors (Lipinski definition) is 17. The zero-order valence-corrected chi connectivity index (χ0v) is 25.1. The molecule has 7 heterocycles. The van der Waals surface area contributed by atoms with Crippen molar-refractivity contribution in [3.05, 3.63) is 25.3 Å². The largest absolute Gasteiger partial charge is 0.386 e. The van der Waals surface area contributed by atoms with Crippen LogP contribution in [0, 0.1) is 0 Å². The number of aliphatic hydroxyl groups excluding tert-OH is 1. The predicted molar refractivity (Wildman–Crippen MR) is 150 cm³/mol. The molecule has 44 heavy (non-hydrogen) atoms. The molecule has 0 aliphatic carbocycles. The van der Waals surface area contributed by atoms with Crippen molar-refractivity contribution >= 4 is 60.1 Å². The Labute approximate surface area is 251 Å². The fourth-order valence-corrected chi connectivity index (χ4v) is 7.93. The molecule has 236 valence electrons. The van der Waals surface area contributed by atoms with E-state index in [1.807, 2.05) is 0 Å². The van der Waals surface area contributed by atoms with Gasteiger partial charge in [-0.05, 0) is 11.8 Å². The van der Waals surface area contributed by atoms with Crippen LogP contribution in [0.5, 0.6) is 0 Å². The molecule has 0 spiro atoms. The highest BCUT2D eigenvalue weighted by molar-refractivity contribution is 8.07. The average molecular weight is 675 g/mol. The molecule has 4 aromatic heterocycles. The number of hydrogen-bond donors (Lipinski definition) is 4. The Hall–Kier alpha value is -2.81. The van der Waals surface area contributed by atoms with E-state index in [0.717, 1.165) is 6.66 Å². The number of imidazole rings is 2. The first-order valence-corrected chi connectivity index (χ1v) is 17.6. The second-order valence-corrected chi connectivity index (χ2v) is 15.0. The monoisotopic (exact) mass is 674 g/mol. The molecule has 23 heteroatoms. The molecule has 7 rings (SSSR count). The Balaban J connectivity index is 1.17. The third kappa shape index (κ3) is 5.17. The van der Waals surface area contributed by atoms with E-state index in [1.165, 1.54) is 34.4 Å². The fraction of sp³-hybridized carbons (Fsp3) is 0.524. The lowest BCUT2D eigenvalue weighted by Crippen LogP contribution is -2.38. The predicted octanol–water partition coefficient (Wildman–Crippen LogP) is 0.181. The molecule has 0 amide bonds. The molecule has 0 saturated carbocycles. The molecule has 0 aromatic carbocycles. The van der Waals surface area contributed by atoms with Crippen LogP contribution in [0.25, 0.3) is 22.3 Å². The summed E-state index contributed by atoms with van der Waals surface area (Å²) in [6.07, 6.45) is -6.23. The van der Waals surface area contributed by atoms with Crippen molar-refractivity contribution < 1.29 is 46.5 Å². The van der Waals surface area contributed by atoms with Crippen LogP contribution in [0.3, 0.4) is 0 Å². The van der Waals surface area contributed by atoms with Crippen molar-refractivity contribution in [2.24, 2.45) is 0 Å². The van der Waals surface area contributed by atoms with Crippen molar-refractivity contribution in [1.29, 1.82) is 0 Å². The minimum atomic E-state index is -4.15. The number of fused-ring (bicyclic) bond motifs is 4. The first-order valence-electron chi connectivity index (χ1n) is 13.0. The van der Waals surface area contributed by atoms with Gasteiger partial charge >= 0.3 is 14.3 Å². The van der Waals surface area contributed by atoms with E-state index in [1.54, 1.807) is 0 Å². The lowest BCUT2D eigenvalue weighted by Gasteiger charge is -2.29. The first kappa shape index (κ1) is 29.9.